The van der Waals surface area contributed by atoms with E-state index in [1.165, 1.54) is 0 Å². The summed E-state index contributed by atoms with van der Waals surface area (Å²) in [6, 6.07) is 19.1. The summed E-state index contributed by atoms with van der Waals surface area (Å²) < 4.78 is 8.67. The fourth-order valence-corrected chi connectivity index (χ4v) is 2.92. The molecule has 152 valence electrons. The zero-order chi connectivity index (χ0) is 20.8. The lowest BCUT2D eigenvalue weighted by Gasteiger charge is -2.05. The van der Waals surface area contributed by atoms with Crippen molar-refractivity contribution in [2.45, 2.75) is 32.9 Å². The summed E-state index contributed by atoms with van der Waals surface area (Å²) in [5.74, 6) is 0.390. The van der Waals surface area contributed by atoms with Gasteiger partial charge in [-0.05, 0) is 29.0 Å². The maximum Gasteiger partial charge on any atom is 0.378 e. The molecule has 0 spiro atoms. The lowest BCUT2D eigenvalue weighted by molar-refractivity contribution is 0.0442. The SMILES string of the molecule is CCCCn1nnnc1COC(=O)c1nc(-c2ccccc2)n(-c2ccccc2)n1. The van der Waals surface area contributed by atoms with Crippen molar-refractivity contribution in [1.82, 2.24) is 35.0 Å². The summed E-state index contributed by atoms with van der Waals surface area (Å²) >= 11 is 0. The van der Waals surface area contributed by atoms with Crippen LogP contribution < -0.4 is 0 Å². The Bertz CT molecular complexity index is 1050. The molecule has 0 N–H and O–H groups in total. The van der Waals surface area contributed by atoms with E-state index >= 15 is 0 Å². The number of tetrazole rings is 1. The minimum atomic E-state index is -0.632. The molecule has 0 unspecified atom stereocenters. The second-order valence-electron chi connectivity index (χ2n) is 6.62. The number of carbonyl (C=O) groups excluding carboxylic acids is 1. The van der Waals surface area contributed by atoms with Crippen LogP contribution in [-0.4, -0.2) is 40.9 Å². The van der Waals surface area contributed by atoms with E-state index < -0.39 is 5.97 Å². The van der Waals surface area contributed by atoms with Crippen LogP contribution in [-0.2, 0) is 17.9 Å². The normalized spacial score (nSPS) is 10.8. The van der Waals surface area contributed by atoms with Gasteiger partial charge in [0, 0.05) is 12.1 Å². The highest BCUT2D eigenvalue weighted by atomic mass is 16.5. The number of aryl methyl sites for hydroxylation is 1. The number of nitrogens with zero attached hydrogens (tertiary/aromatic N) is 7. The zero-order valence-electron chi connectivity index (χ0n) is 16.5. The molecule has 0 bridgehead atoms. The average molecular weight is 403 g/mol. The highest BCUT2D eigenvalue weighted by Gasteiger charge is 2.20. The van der Waals surface area contributed by atoms with Gasteiger partial charge in [0.15, 0.2) is 18.3 Å². The Hall–Kier alpha value is -3.88. The monoisotopic (exact) mass is 403 g/mol. The largest absolute Gasteiger partial charge is 0.451 e. The molecule has 9 nitrogen and oxygen atoms in total. The first kappa shape index (κ1) is 19.4. The molecule has 0 atom stereocenters. The number of hydrogen-bond acceptors (Lipinski definition) is 7. The highest BCUT2D eigenvalue weighted by molar-refractivity contribution is 5.85. The predicted octanol–water partition coefficient (Wildman–Crippen LogP) is 3.08. The van der Waals surface area contributed by atoms with Crippen LogP contribution in [0.25, 0.3) is 17.1 Å². The second-order valence-corrected chi connectivity index (χ2v) is 6.62. The third kappa shape index (κ3) is 4.24. The number of rotatable bonds is 8. The topological polar surface area (TPSA) is 101 Å². The first-order valence-electron chi connectivity index (χ1n) is 9.76. The second kappa shape index (κ2) is 9.08. The maximum absolute atomic E-state index is 12.7. The number of benzene rings is 2. The minimum absolute atomic E-state index is 0.0229. The van der Waals surface area contributed by atoms with Gasteiger partial charge in [0.25, 0.3) is 5.82 Å². The van der Waals surface area contributed by atoms with Crippen molar-refractivity contribution < 1.29 is 9.53 Å². The number of ether oxygens (including phenoxy) is 1. The zero-order valence-corrected chi connectivity index (χ0v) is 16.5. The number of unbranched alkanes of at least 4 members (excludes halogenated alkanes) is 1. The van der Waals surface area contributed by atoms with Gasteiger partial charge < -0.3 is 4.74 Å². The summed E-state index contributed by atoms with van der Waals surface area (Å²) in [6.45, 7) is 2.72. The molecule has 4 aromatic rings. The third-order valence-electron chi connectivity index (χ3n) is 4.48. The van der Waals surface area contributed by atoms with Crippen molar-refractivity contribution in [3.63, 3.8) is 0 Å². The standard InChI is InChI=1S/C21H21N7O2/c1-2-3-14-27-18(23-25-26-27)15-30-21(29)19-22-20(16-10-6-4-7-11-16)28(24-19)17-12-8-5-9-13-17/h4-13H,2-3,14-15H2,1H3. The van der Waals surface area contributed by atoms with Crippen LogP contribution in [0.1, 0.15) is 36.2 Å². The molecule has 0 aliphatic heterocycles. The summed E-state index contributed by atoms with van der Waals surface area (Å²) in [6.07, 6.45) is 1.96. The average Bonchev–Trinajstić information content (AvgIpc) is 3.44. The lowest BCUT2D eigenvalue weighted by Crippen LogP contribution is -2.12. The van der Waals surface area contributed by atoms with Crippen LogP contribution in [0.4, 0.5) is 0 Å². The summed E-state index contributed by atoms with van der Waals surface area (Å²) in [5.41, 5.74) is 1.64. The fraction of sp³-hybridized carbons (Fsp3) is 0.238. The van der Waals surface area contributed by atoms with Crippen LogP contribution in [0.3, 0.4) is 0 Å². The van der Waals surface area contributed by atoms with Crippen molar-refractivity contribution in [3.05, 3.63) is 72.3 Å². The smallest absolute Gasteiger partial charge is 0.378 e. The quantitative estimate of drug-likeness (QED) is 0.417. The Balaban J connectivity index is 1.58. The van der Waals surface area contributed by atoms with E-state index in [4.69, 9.17) is 4.74 Å². The highest BCUT2D eigenvalue weighted by Crippen LogP contribution is 2.21. The van der Waals surface area contributed by atoms with Crippen LogP contribution in [0.15, 0.2) is 60.7 Å². The molecule has 2 heterocycles. The van der Waals surface area contributed by atoms with Gasteiger partial charge in [0.2, 0.25) is 0 Å². The molecule has 0 amide bonds. The molecule has 0 aliphatic carbocycles. The van der Waals surface area contributed by atoms with Crippen LogP contribution in [0.2, 0.25) is 0 Å². The van der Waals surface area contributed by atoms with Crippen LogP contribution in [0.5, 0.6) is 0 Å². The van der Waals surface area contributed by atoms with Gasteiger partial charge in [-0.15, -0.1) is 10.2 Å². The van der Waals surface area contributed by atoms with E-state index in [2.05, 4.69) is 32.5 Å². The summed E-state index contributed by atoms with van der Waals surface area (Å²) in [5, 5.41) is 15.9. The van der Waals surface area contributed by atoms with Gasteiger partial charge in [-0.25, -0.2) is 19.1 Å². The van der Waals surface area contributed by atoms with Gasteiger partial charge in [-0.1, -0.05) is 61.9 Å². The van der Waals surface area contributed by atoms with E-state index in [0.717, 1.165) is 24.1 Å². The van der Waals surface area contributed by atoms with Crippen molar-refractivity contribution in [2.75, 3.05) is 0 Å². The summed E-state index contributed by atoms with van der Waals surface area (Å²) in [4.78, 5) is 17.1. The number of aromatic nitrogens is 7. The van der Waals surface area contributed by atoms with Gasteiger partial charge in [0.1, 0.15) is 0 Å². The molecule has 4 rings (SSSR count). The Morgan fingerprint density at radius 1 is 1.03 bits per heavy atom. The Morgan fingerprint density at radius 3 is 2.50 bits per heavy atom. The molecule has 0 saturated carbocycles. The Morgan fingerprint density at radius 2 is 1.77 bits per heavy atom. The molecule has 0 saturated heterocycles. The molecular formula is C21H21N7O2. The van der Waals surface area contributed by atoms with Crippen LogP contribution in [0, 0.1) is 0 Å². The van der Waals surface area contributed by atoms with E-state index in [9.17, 15) is 4.79 Å². The number of carbonyl (C=O) groups is 1. The predicted molar refractivity (Wildman–Crippen MR) is 109 cm³/mol. The first-order chi connectivity index (χ1) is 14.8. The molecule has 30 heavy (non-hydrogen) atoms. The number of para-hydroxylation sites is 1. The van der Waals surface area contributed by atoms with Crippen molar-refractivity contribution in [2.24, 2.45) is 0 Å². The van der Waals surface area contributed by atoms with Gasteiger partial charge in [0.05, 0.1) is 5.69 Å². The van der Waals surface area contributed by atoms with E-state index in [0.29, 0.717) is 18.2 Å². The molecule has 9 heteroatoms. The van der Waals surface area contributed by atoms with E-state index in [-0.39, 0.29) is 12.4 Å². The molecule has 2 aromatic carbocycles. The van der Waals surface area contributed by atoms with Crippen molar-refractivity contribution in [3.8, 4) is 17.1 Å². The van der Waals surface area contributed by atoms with Crippen molar-refractivity contribution in [1.29, 1.82) is 0 Å². The third-order valence-corrected chi connectivity index (χ3v) is 4.48. The maximum atomic E-state index is 12.7. The molecule has 0 fully saturated rings. The minimum Gasteiger partial charge on any atom is -0.451 e. The van der Waals surface area contributed by atoms with Crippen molar-refractivity contribution >= 4 is 5.97 Å². The van der Waals surface area contributed by atoms with E-state index in [1.54, 1.807) is 9.36 Å². The van der Waals surface area contributed by atoms with E-state index in [1.807, 2.05) is 60.7 Å². The molecular weight excluding hydrogens is 382 g/mol. The van der Waals surface area contributed by atoms with Gasteiger partial charge in [-0.2, -0.15) is 0 Å². The van der Waals surface area contributed by atoms with Gasteiger partial charge in [-0.3, -0.25) is 0 Å². The number of hydrogen-bond donors (Lipinski definition) is 0. The molecule has 2 aromatic heterocycles. The number of esters is 1. The van der Waals surface area contributed by atoms with Crippen LogP contribution >= 0.6 is 0 Å². The first-order valence-corrected chi connectivity index (χ1v) is 9.76. The summed E-state index contributed by atoms with van der Waals surface area (Å²) in [7, 11) is 0. The molecule has 0 radical (unpaired) electrons. The lowest BCUT2D eigenvalue weighted by atomic mass is 10.2. The Labute approximate surface area is 173 Å². The van der Waals surface area contributed by atoms with Gasteiger partial charge >= 0.3 is 5.97 Å². The molecule has 0 aliphatic rings. The fourth-order valence-electron chi connectivity index (χ4n) is 2.92. The Kier molecular flexibility index (Phi) is 5.88.